The summed E-state index contributed by atoms with van der Waals surface area (Å²) in [6.07, 6.45) is -1.21. The van der Waals surface area contributed by atoms with Crippen LogP contribution in [0.3, 0.4) is 0 Å². The van der Waals surface area contributed by atoms with Gasteiger partial charge in [0.05, 0.1) is 16.8 Å². The third kappa shape index (κ3) is 3.22. The Kier molecular flexibility index (Phi) is 3.43. The first-order valence-corrected chi connectivity index (χ1v) is 7.41. The molecular weight excluding hydrogens is 270 g/mol. The van der Waals surface area contributed by atoms with Crippen LogP contribution >= 0.6 is 0 Å². The summed E-state index contributed by atoms with van der Waals surface area (Å²) in [6.45, 7) is 1.59. The summed E-state index contributed by atoms with van der Waals surface area (Å²) in [5.74, 6) is 0.142. The third-order valence-corrected chi connectivity index (χ3v) is 4.25. The Balaban J connectivity index is 2.32. The number of aromatic nitrogens is 2. The van der Waals surface area contributed by atoms with Crippen molar-refractivity contribution in [3.8, 4) is 0 Å². The lowest BCUT2D eigenvalue weighted by atomic mass is 10.2. The molecule has 0 fully saturated rings. The Labute approximate surface area is 109 Å². The minimum atomic E-state index is -3.10. The molecule has 1 aromatic heterocycles. The van der Waals surface area contributed by atoms with Crippen molar-refractivity contribution in [2.45, 2.75) is 12.7 Å². The van der Waals surface area contributed by atoms with E-state index < -0.39 is 15.9 Å². The summed E-state index contributed by atoms with van der Waals surface area (Å²) in [7, 11) is -3.10. The van der Waals surface area contributed by atoms with Crippen LogP contribution in [0, 0.1) is 0 Å². The molecule has 0 aliphatic heterocycles. The van der Waals surface area contributed by atoms with Gasteiger partial charge in [0.2, 0.25) is 5.95 Å². The number of amides is 1. The summed E-state index contributed by atoms with van der Waals surface area (Å²) < 4.78 is 23.1. The predicted molar refractivity (Wildman–Crippen MR) is 70.9 cm³/mol. The van der Waals surface area contributed by atoms with E-state index in [0.29, 0.717) is 16.6 Å². The number of carboxylic acid groups (broad SMARTS) is 1. The maximum absolute atomic E-state index is 11.5. The van der Waals surface area contributed by atoms with Gasteiger partial charge in [-0.3, -0.25) is 5.32 Å². The standard InChI is InChI=1S/C11H13N3O4S/c1-2-19(17,18)6-7-3-4-8-9(5-7)13-10(12-8)14-11(15)16/h3-5H,2,6H2,1H3,(H,15,16)(H2,12,13,14). The van der Waals surface area contributed by atoms with E-state index >= 15 is 0 Å². The third-order valence-electron chi connectivity index (χ3n) is 2.60. The number of fused-ring (bicyclic) bond motifs is 1. The number of hydrogen-bond donors (Lipinski definition) is 3. The molecule has 1 amide bonds. The first kappa shape index (κ1) is 13.3. The molecule has 3 N–H and O–H groups in total. The molecule has 0 saturated heterocycles. The zero-order valence-electron chi connectivity index (χ0n) is 10.2. The number of benzene rings is 1. The van der Waals surface area contributed by atoms with Crippen LogP contribution in [0.1, 0.15) is 12.5 Å². The van der Waals surface area contributed by atoms with Gasteiger partial charge in [0.25, 0.3) is 0 Å². The Morgan fingerprint density at radius 2 is 2.21 bits per heavy atom. The van der Waals surface area contributed by atoms with Gasteiger partial charge in [-0.2, -0.15) is 0 Å². The molecule has 0 saturated carbocycles. The molecule has 2 rings (SSSR count). The van der Waals surface area contributed by atoms with Gasteiger partial charge in [0, 0.05) is 5.75 Å². The maximum atomic E-state index is 11.5. The van der Waals surface area contributed by atoms with Crippen molar-refractivity contribution in [3.63, 3.8) is 0 Å². The fourth-order valence-corrected chi connectivity index (χ4v) is 2.55. The van der Waals surface area contributed by atoms with Gasteiger partial charge >= 0.3 is 6.09 Å². The quantitative estimate of drug-likeness (QED) is 0.788. The fraction of sp³-hybridized carbons (Fsp3) is 0.273. The van der Waals surface area contributed by atoms with Crippen molar-refractivity contribution in [2.24, 2.45) is 0 Å². The van der Waals surface area contributed by atoms with E-state index in [1.54, 1.807) is 25.1 Å². The number of rotatable bonds is 4. The van der Waals surface area contributed by atoms with Crippen molar-refractivity contribution in [1.82, 2.24) is 9.97 Å². The van der Waals surface area contributed by atoms with Crippen LogP contribution in [0.4, 0.5) is 10.7 Å². The van der Waals surface area contributed by atoms with Crippen LogP contribution in [-0.2, 0) is 15.6 Å². The van der Waals surface area contributed by atoms with E-state index in [1.165, 1.54) is 0 Å². The van der Waals surface area contributed by atoms with E-state index in [1.807, 2.05) is 0 Å². The second kappa shape index (κ2) is 4.88. The molecular formula is C11H13N3O4S. The van der Waals surface area contributed by atoms with Crippen LogP contribution in [0.25, 0.3) is 11.0 Å². The average Bonchev–Trinajstić information content (AvgIpc) is 2.69. The minimum absolute atomic E-state index is 0.0476. The summed E-state index contributed by atoms with van der Waals surface area (Å²) in [5, 5.41) is 10.7. The second-order valence-corrected chi connectivity index (χ2v) is 6.40. The highest BCUT2D eigenvalue weighted by atomic mass is 32.2. The van der Waals surface area contributed by atoms with Gasteiger partial charge in [-0.15, -0.1) is 0 Å². The highest BCUT2D eigenvalue weighted by molar-refractivity contribution is 7.90. The first-order chi connectivity index (χ1) is 8.89. The summed E-state index contributed by atoms with van der Waals surface area (Å²) >= 11 is 0. The molecule has 1 aromatic carbocycles. The SMILES string of the molecule is CCS(=O)(=O)Cc1ccc2[nH]c(NC(=O)O)nc2c1. The largest absolute Gasteiger partial charge is 0.465 e. The topological polar surface area (TPSA) is 112 Å². The van der Waals surface area contributed by atoms with Gasteiger partial charge < -0.3 is 10.1 Å². The van der Waals surface area contributed by atoms with E-state index in [4.69, 9.17) is 5.11 Å². The number of hydrogen-bond acceptors (Lipinski definition) is 4. The van der Waals surface area contributed by atoms with Gasteiger partial charge in [-0.25, -0.2) is 18.2 Å². The monoisotopic (exact) mass is 283 g/mol. The lowest BCUT2D eigenvalue weighted by Crippen LogP contribution is -2.08. The molecule has 0 aliphatic carbocycles. The molecule has 19 heavy (non-hydrogen) atoms. The number of carbonyl (C=O) groups is 1. The lowest BCUT2D eigenvalue weighted by molar-refractivity contribution is 0.209. The number of H-pyrrole nitrogens is 1. The molecule has 0 aliphatic rings. The normalized spacial score (nSPS) is 11.6. The summed E-state index contributed by atoms with van der Waals surface area (Å²) in [4.78, 5) is 17.3. The van der Waals surface area contributed by atoms with Gasteiger partial charge in [-0.1, -0.05) is 13.0 Å². The van der Waals surface area contributed by atoms with Gasteiger partial charge in [0.15, 0.2) is 9.84 Å². The van der Waals surface area contributed by atoms with Crippen molar-refractivity contribution < 1.29 is 18.3 Å². The molecule has 7 nitrogen and oxygen atoms in total. The number of nitrogens with zero attached hydrogens (tertiary/aromatic N) is 1. The van der Waals surface area contributed by atoms with Crippen LogP contribution in [0.15, 0.2) is 18.2 Å². The van der Waals surface area contributed by atoms with E-state index in [2.05, 4.69) is 15.3 Å². The van der Waals surface area contributed by atoms with Crippen LogP contribution < -0.4 is 5.32 Å². The Morgan fingerprint density at radius 3 is 2.84 bits per heavy atom. The zero-order valence-corrected chi connectivity index (χ0v) is 11.0. The van der Waals surface area contributed by atoms with Gasteiger partial charge in [0.1, 0.15) is 0 Å². The number of imidazole rings is 1. The molecule has 0 bridgehead atoms. The van der Waals surface area contributed by atoms with E-state index in [0.717, 1.165) is 0 Å². The molecule has 0 spiro atoms. The summed E-state index contributed by atoms with van der Waals surface area (Å²) in [6, 6.07) is 4.99. The Bertz CT molecular complexity index is 721. The van der Waals surface area contributed by atoms with Crippen LogP contribution in [0.2, 0.25) is 0 Å². The van der Waals surface area contributed by atoms with Crippen molar-refractivity contribution >= 4 is 32.9 Å². The van der Waals surface area contributed by atoms with Crippen LogP contribution in [-0.4, -0.2) is 35.3 Å². The predicted octanol–water partition coefficient (Wildman–Crippen LogP) is 1.59. The van der Waals surface area contributed by atoms with Crippen molar-refractivity contribution in [1.29, 1.82) is 0 Å². The first-order valence-electron chi connectivity index (χ1n) is 5.58. The number of sulfone groups is 1. The highest BCUT2D eigenvalue weighted by Gasteiger charge is 2.11. The van der Waals surface area contributed by atoms with E-state index in [9.17, 15) is 13.2 Å². The average molecular weight is 283 g/mol. The molecule has 2 aromatic rings. The molecule has 102 valence electrons. The second-order valence-electron chi connectivity index (χ2n) is 4.04. The lowest BCUT2D eigenvalue weighted by Gasteiger charge is -2.01. The van der Waals surface area contributed by atoms with E-state index in [-0.39, 0.29) is 17.5 Å². The summed E-state index contributed by atoms with van der Waals surface area (Å²) in [5.41, 5.74) is 1.79. The van der Waals surface area contributed by atoms with Crippen molar-refractivity contribution in [3.05, 3.63) is 23.8 Å². The number of nitrogens with one attached hydrogen (secondary N) is 2. The molecule has 0 unspecified atom stereocenters. The highest BCUT2D eigenvalue weighted by Crippen LogP contribution is 2.17. The Hall–Kier alpha value is -2.09. The molecule has 8 heteroatoms. The van der Waals surface area contributed by atoms with Crippen LogP contribution in [0.5, 0.6) is 0 Å². The molecule has 0 atom stereocenters. The number of aromatic amines is 1. The fourth-order valence-electron chi connectivity index (χ4n) is 1.66. The Morgan fingerprint density at radius 1 is 1.47 bits per heavy atom. The molecule has 0 radical (unpaired) electrons. The number of anilines is 1. The van der Waals surface area contributed by atoms with Crippen molar-refractivity contribution in [2.75, 3.05) is 11.1 Å². The smallest absolute Gasteiger partial charge is 0.411 e. The molecule has 1 heterocycles. The maximum Gasteiger partial charge on any atom is 0.411 e. The zero-order chi connectivity index (χ0) is 14.0. The minimum Gasteiger partial charge on any atom is -0.465 e. The van der Waals surface area contributed by atoms with Gasteiger partial charge in [-0.05, 0) is 17.7 Å².